The number of thioether (sulfide) groups is 1. The zero-order valence-corrected chi connectivity index (χ0v) is 16.3. The standard InChI is InChI=1S/C19H19FN4OS2/c1-2-16(11-13-7-4-3-5-8-13)26-19-24-23-18(27-19)22-17(25)21-15-10-6-9-14(20)12-15/h3-10,12,16H,2,11H2,1H3,(H2,21,22,23,25). The van der Waals surface area contributed by atoms with E-state index in [2.05, 4.69) is 39.9 Å². The van der Waals surface area contributed by atoms with Gasteiger partial charge < -0.3 is 5.32 Å². The molecule has 2 amide bonds. The van der Waals surface area contributed by atoms with Crippen molar-refractivity contribution in [1.82, 2.24) is 10.2 Å². The van der Waals surface area contributed by atoms with Gasteiger partial charge in [-0.1, -0.05) is 66.4 Å². The largest absolute Gasteiger partial charge is 0.325 e. The molecule has 8 heteroatoms. The fourth-order valence-corrected chi connectivity index (χ4v) is 4.55. The van der Waals surface area contributed by atoms with Crippen LogP contribution in [0.2, 0.25) is 0 Å². The van der Waals surface area contributed by atoms with E-state index in [0.29, 0.717) is 16.1 Å². The molecule has 2 aromatic carbocycles. The molecule has 5 nitrogen and oxygen atoms in total. The number of nitrogens with one attached hydrogen (secondary N) is 2. The average Bonchev–Trinajstić information content (AvgIpc) is 3.08. The third kappa shape index (κ3) is 6.04. The average molecular weight is 403 g/mol. The van der Waals surface area contributed by atoms with Crippen LogP contribution >= 0.6 is 23.1 Å². The van der Waals surface area contributed by atoms with Crippen LogP contribution in [0, 0.1) is 5.82 Å². The minimum Gasteiger partial charge on any atom is -0.308 e. The molecule has 0 saturated heterocycles. The first kappa shape index (κ1) is 19.3. The van der Waals surface area contributed by atoms with E-state index in [9.17, 15) is 9.18 Å². The molecule has 1 atom stereocenters. The summed E-state index contributed by atoms with van der Waals surface area (Å²) < 4.78 is 14.0. The van der Waals surface area contributed by atoms with Crippen LogP contribution in [0.5, 0.6) is 0 Å². The molecule has 1 heterocycles. The summed E-state index contributed by atoms with van der Waals surface area (Å²) >= 11 is 2.98. The van der Waals surface area contributed by atoms with Crippen LogP contribution < -0.4 is 10.6 Å². The van der Waals surface area contributed by atoms with Gasteiger partial charge in [-0.15, -0.1) is 10.2 Å². The molecule has 0 saturated carbocycles. The van der Waals surface area contributed by atoms with Gasteiger partial charge in [0.25, 0.3) is 0 Å². The summed E-state index contributed by atoms with van der Waals surface area (Å²) in [6.07, 6.45) is 1.95. The van der Waals surface area contributed by atoms with Crippen molar-refractivity contribution in [3.8, 4) is 0 Å². The summed E-state index contributed by atoms with van der Waals surface area (Å²) in [4.78, 5) is 12.0. The Balaban J connectivity index is 1.55. The fourth-order valence-electron chi connectivity index (χ4n) is 2.42. The minimum absolute atomic E-state index is 0.375. The van der Waals surface area contributed by atoms with Crippen molar-refractivity contribution in [1.29, 1.82) is 0 Å². The van der Waals surface area contributed by atoms with E-state index in [-0.39, 0.29) is 0 Å². The number of aromatic nitrogens is 2. The maximum absolute atomic E-state index is 13.2. The third-order valence-corrected chi connectivity index (χ3v) is 6.03. The van der Waals surface area contributed by atoms with Gasteiger partial charge in [0.2, 0.25) is 5.13 Å². The first-order valence-electron chi connectivity index (χ1n) is 8.50. The van der Waals surface area contributed by atoms with E-state index < -0.39 is 11.8 Å². The molecule has 140 valence electrons. The lowest BCUT2D eigenvalue weighted by Gasteiger charge is -2.12. The summed E-state index contributed by atoms with van der Waals surface area (Å²) in [5.41, 5.74) is 1.66. The van der Waals surface area contributed by atoms with E-state index >= 15 is 0 Å². The number of hydrogen-bond donors (Lipinski definition) is 2. The number of halogens is 1. The van der Waals surface area contributed by atoms with E-state index in [1.165, 1.54) is 35.1 Å². The van der Waals surface area contributed by atoms with Gasteiger partial charge in [-0.2, -0.15) is 0 Å². The molecule has 0 aliphatic carbocycles. The lowest BCUT2D eigenvalue weighted by molar-refractivity contribution is 0.262. The highest BCUT2D eigenvalue weighted by Gasteiger charge is 2.14. The van der Waals surface area contributed by atoms with Gasteiger partial charge in [-0.05, 0) is 36.6 Å². The summed E-state index contributed by atoms with van der Waals surface area (Å²) in [5.74, 6) is -0.411. The molecule has 0 aliphatic heterocycles. The Morgan fingerprint density at radius 2 is 1.96 bits per heavy atom. The molecule has 3 rings (SSSR count). The highest BCUT2D eigenvalue weighted by atomic mass is 32.2. The highest BCUT2D eigenvalue weighted by Crippen LogP contribution is 2.32. The number of carbonyl (C=O) groups excluding carboxylic acids is 1. The lowest BCUT2D eigenvalue weighted by Crippen LogP contribution is -2.19. The second kappa shape index (κ2) is 9.48. The summed E-state index contributed by atoms with van der Waals surface area (Å²) in [7, 11) is 0. The monoisotopic (exact) mass is 402 g/mol. The smallest absolute Gasteiger partial charge is 0.308 e. The van der Waals surface area contributed by atoms with Crippen LogP contribution in [0.4, 0.5) is 20.0 Å². The Bertz CT molecular complexity index is 888. The normalized spacial score (nSPS) is 11.8. The quantitative estimate of drug-likeness (QED) is 0.408. The second-order valence-corrected chi connectivity index (χ2v) is 8.33. The van der Waals surface area contributed by atoms with Crippen LogP contribution in [0.3, 0.4) is 0 Å². The van der Waals surface area contributed by atoms with Crippen LogP contribution in [0.15, 0.2) is 58.9 Å². The molecule has 0 aliphatic rings. The Labute approximate surface area is 165 Å². The predicted molar refractivity (Wildman–Crippen MR) is 109 cm³/mol. The molecule has 0 fully saturated rings. The first-order valence-corrected chi connectivity index (χ1v) is 10.2. The Morgan fingerprint density at radius 3 is 2.70 bits per heavy atom. The zero-order valence-electron chi connectivity index (χ0n) is 14.7. The van der Waals surface area contributed by atoms with Crippen LogP contribution in [-0.2, 0) is 6.42 Å². The van der Waals surface area contributed by atoms with Gasteiger partial charge in [0.05, 0.1) is 0 Å². The van der Waals surface area contributed by atoms with Crippen molar-refractivity contribution in [2.75, 3.05) is 10.6 Å². The summed E-state index contributed by atoms with van der Waals surface area (Å²) in [6, 6.07) is 15.5. The first-order chi connectivity index (χ1) is 13.1. The molecule has 1 aromatic heterocycles. The van der Waals surface area contributed by atoms with Gasteiger partial charge in [-0.25, -0.2) is 9.18 Å². The number of rotatable bonds is 7. The maximum atomic E-state index is 13.2. The minimum atomic E-state index is -0.482. The topological polar surface area (TPSA) is 66.9 Å². The molecule has 3 aromatic rings. The molecule has 1 unspecified atom stereocenters. The molecule has 0 radical (unpaired) electrons. The van der Waals surface area contributed by atoms with Crippen molar-refractivity contribution in [3.63, 3.8) is 0 Å². The van der Waals surface area contributed by atoms with Crippen molar-refractivity contribution in [2.24, 2.45) is 0 Å². The summed E-state index contributed by atoms with van der Waals surface area (Å²) in [5, 5.41) is 14.1. The predicted octanol–water partition coefficient (Wildman–Crippen LogP) is 5.43. The SMILES string of the molecule is CCC(Cc1ccccc1)Sc1nnc(NC(=O)Nc2cccc(F)c2)s1. The second-order valence-electron chi connectivity index (χ2n) is 5.80. The molecule has 0 spiro atoms. The Morgan fingerprint density at radius 1 is 1.15 bits per heavy atom. The maximum Gasteiger partial charge on any atom is 0.325 e. The van der Waals surface area contributed by atoms with Crippen LogP contribution in [-0.4, -0.2) is 21.5 Å². The van der Waals surface area contributed by atoms with Gasteiger partial charge in [0.1, 0.15) is 5.82 Å². The third-order valence-electron chi connectivity index (χ3n) is 3.74. The van der Waals surface area contributed by atoms with E-state index in [1.807, 2.05) is 18.2 Å². The molecule has 2 N–H and O–H groups in total. The number of hydrogen-bond acceptors (Lipinski definition) is 5. The van der Waals surface area contributed by atoms with Gasteiger partial charge >= 0.3 is 6.03 Å². The van der Waals surface area contributed by atoms with E-state index in [1.54, 1.807) is 17.8 Å². The van der Waals surface area contributed by atoms with Gasteiger partial charge in [-0.3, -0.25) is 5.32 Å². The van der Waals surface area contributed by atoms with Gasteiger partial charge in [0, 0.05) is 10.9 Å². The highest BCUT2D eigenvalue weighted by molar-refractivity contribution is 8.01. The molecular formula is C19H19FN4OS2. The number of carbonyl (C=O) groups is 1. The molecule has 27 heavy (non-hydrogen) atoms. The van der Waals surface area contributed by atoms with Crippen molar-refractivity contribution < 1.29 is 9.18 Å². The zero-order chi connectivity index (χ0) is 19.1. The van der Waals surface area contributed by atoms with Crippen LogP contribution in [0.1, 0.15) is 18.9 Å². The fraction of sp³-hybridized carbons (Fsp3) is 0.211. The summed E-state index contributed by atoms with van der Waals surface area (Å²) in [6.45, 7) is 2.15. The molecule has 0 bridgehead atoms. The number of anilines is 2. The van der Waals surface area contributed by atoms with E-state index in [0.717, 1.165) is 17.2 Å². The van der Waals surface area contributed by atoms with Gasteiger partial charge in [0.15, 0.2) is 4.34 Å². The Hall–Kier alpha value is -2.45. The molecular weight excluding hydrogens is 383 g/mol. The number of benzene rings is 2. The Kier molecular flexibility index (Phi) is 6.78. The van der Waals surface area contributed by atoms with Crippen molar-refractivity contribution in [3.05, 3.63) is 66.0 Å². The van der Waals surface area contributed by atoms with E-state index in [4.69, 9.17) is 0 Å². The van der Waals surface area contributed by atoms with Crippen molar-refractivity contribution in [2.45, 2.75) is 29.4 Å². The number of nitrogens with zero attached hydrogens (tertiary/aromatic N) is 2. The number of urea groups is 1. The lowest BCUT2D eigenvalue weighted by atomic mass is 10.1. The number of amides is 2. The van der Waals surface area contributed by atoms with Crippen LogP contribution in [0.25, 0.3) is 0 Å². The van der Waals surface area contributed by atoms with Crippen molar-refractivity contribution >= 4 is 39.9 Å².